The van der Waals surface area contributed by atoms with Gasteiger partial charge in [0.1, 0.15) is 5.60 Å². The maximum Gasteiger partial charge on any atom is 0.408 e. The highest BCUT2D eigenvalue weighted by molar-refractivity contribution is 5.80. The molecule has 1 aliphatic rings. The summed E-state index contributed by atoms with van der Waals surface area (Å²) in [5.41, 5.74) is -1.21. The Morgan fingerprint density at radius 2 is 1.95 bits per heavy atom. The van der Waals surface area contributed by atoms with Crippen molar-refractivity contribution < 1.29 is 19.1 Å². The summed E-state index contributed by atoms with van der Waals surface area (Å²) in [6, 6.07) is -0.216. The molecule has 0 aliphatic heterocycles. The van der Waals surface area contributed by atoms with Gasteiger partial charge in [0.2, 0.25) is 0 Å². The summed E-state index contributed by atoms with van der Waals surface area (Å²) in [6.07, 6.45) is 3.69. The van der Waals surface area contributed by atoms with Gasteiger partial charge in [-0.05, 0) is 33.1 Å². The second-order valence-corrected chi connectivity index (χ2v) is 6.50. The summed E-state index contributed by atoms with van der Waals surface area (Å²) in [5.74, 6) is -0.172. The molecular weight excluding hydrogens is 258 g/mol. The predicted octanol–water partition coefficient (Wildman–Crippen LogP) is 2.66. The van der Waals surface area contributed by atoms with Gasteiger partial charge in [-0.3, -0.25) is 4.79 Å². The molecule has 0 aromatic carbocycles. The first-order chi connectivity index (χ1) is 9.10. The molecule has 0 spiro atoms. The number of carbonyl (C=O) groups excluding carboxylic acids is 2. The first-order valence-corrected chi connectivity index (χ1v) is 6.88. The SMILES string of the molecule is COC(=O)C1(C(C)C)C=C[C@@H](NC(=O)OC(C)(C)C)C1. The Kier molecular flexibility index (Phi) is 4.84. The van der Waals surface area contributed by atoms with Gasteiger partial charge in [-0.25, -0.2) is 4.79 Å². The van der Waals surface area contributed by atoms with Crippen LogP contribution in [0.25, 0.3) is 0 Å². The predicted molar refractivity (Wildman–Crippen MR) is 76.2 cm³/mol. The number of esters is 1. The minimum absolute atomic E-state index is 0.0941. The Balaban J connectivity index is 2.70. The van der Waals surface area contributed by atoms with E-state index in [1.165, 1.54) is 7.11 Å². The van der Waals surface area contributed by atoms with E-state index in [1.807, 2.05) is 46.8 Å². The molecule has 0 fully saturated rings. The van der Waals surface area contributed by atoms with Crippen molar-refractivity contribution in [3.05, 3.63) is 12.2 Å². The van der Waals surface area contributed by atoms with Crippen molar-refractivity contribution in [3.8, 4) is 0 Å². The standard InChI is InChI=1S/C15H25NO4/c1-10(2)15(12(17)19-6)8-7-11(9-15)16-13(18)20-14(3,4)5/h7-8,10-11H,9H2,1-6H3,(H,16,18)/t11-,15?/m1/s1. The molecule has 0 bridgehead atoms. The van der Waals surface area contributed by atoms with Crippen molar-refractivity contribution in [3.63, 3.8) is 0 Å². The van der Waals surface area contributed by atoms with Gasteiger partial charge >= 0.3 is 12.1 Å². The maximum absolute atomic E-state index is 12.0. The molecule has 5 nitrogen and oxygen atoms in total. The molecule has 0 aromatic heterocycles. The van der Waals surface area contributed by atoms with Crippen molar-refractivity contribution in [2.24, 2.45) is 11.3 Å². The third kappa shape index (κ3) is 3.74. The zero-order chi connectivity index (χ0) is 15.6. The molecule has 0 heterocycles. The Morgan fingerprint density at radius 3 is 2.40 bits per heavy atom. The highest BCUT2D eigenvalue weighted by atomic mass is 16.6. The summed E-state index contributed by atoms with van der Waals surface area (Å²) in [5, 5.41) is 2.77. The Bertz CT molecular complexity index is 409. The van der Waals surface area contributed by atoms with Gasteiger partial charge in [-0.1, -0.05) is 26.0 Å². The van der Waals surface area contributed by atoms with Gasteiger partial charge in [-0.15, -0.1) is 0 Å². The van der Waals surface area contributed by atoms with Crippen molar-refractivity contribution in [2.75, 3.05) is 7.11 Å². The quantitative estimate of drug-likeness (QED) is 0.639. The first-order valence-electron chi connectivity index (χ1n) is 6.88. The van der Waals surface area contributed by atoms with Crippen molar-refractivity contribution in [2.45, 2.75) is 52.7 Å². The maximum atomic E-state index is 12.0. The zero-order valence-electron chi connectivity index (χ0n) is 13.1. The summed E-state index contributed by atoms with van der Waals surface area (Å²) in [4.78, 5) is 23.8. The number of alkyl carbamates (subject to hydrolysis) is 1. The van der Waals surface area contributed by atoms with Crippen LogP contribution in [0.4, 0.5) is 4.79 Å². The third-order valence-electron chi connectivity index (χ3n) is 3.48. The molecule has 20 heavy (non-hydrogen) atoms. The van der Waals surface area contributed by atoms with Crippen molar-refractivity contribution in [1.82, 2.24) is 5.32 Å². The zero-order valence-corrected chi connectivity index (χ0v) is 13.1. The molecule has 0 radical (unpaired) electrons. The summed E-state index contributed by atoms with van der Waals surface area (Å²) >= 11 is 0. The van der Waals surface area contributed by atoms with Crippen LogP contribution in [-0.4, -0.2) is 30.8 Å². The molecule has 1 rings (SSSR count). The number of methoxy groups -OCH3 is 1. The van der Waals surface area contributed by atoms with E-state index in [9.17, 15) is 9.59 Å². The summed E-state index contributed by atoms with van der Waals surface area (Å²) < 4.78 is 10.1. The van der Waals surface area contributed by atoms with Crippen LogP contribution >= 0.6 is 0 Å². The number of nitrogens with one attached hydrogen (secondary N) is 1. The van der Waals surface area contributed by atoms with Gasteiger partial charge in [0.05, 0.1) is 18.6 Å². The molecule has 0 saturated carbocycles. The molecule has 2 atom stereocenters. The molecule has 1 N–H and O–H groups in total. The fourth-order valence-corrected chi connectivity index (χ4v) is 2.35. The van der Waals surface area contributed by atoms with Gasteiger partial charge in [0.15, 0.2) is 0 Å². The fraction of sp³-hybridized carbons (Fsp3) is 0.733. The lowest BCUT2D eigenvalue weighted by atomic mass is 9.76. The largest absolute Gasteiger partial charge is 0.468 e. The van der Waals surface area contributed by atoms with Gasteiger partial charge in [0.25, 0.3) is 0 Å². The topological polar surface area (TPSA) is 64.6 Å². The van der Waals surface area contributed by atoms with E-state index in [0.29, 0.717) is 6.42 Å². The smallest absolute Gasteiger partial charge is 0.408 e. The number of carbonyl (C=O) groups is 2. The van der Waals surface area contributed by atoms with E-state index in [4.69, 9.17) is 9.47 Å². The van der Waals surface area contributed by atoms with Crippen LogP contribution in [0.1, 0.15) is 41.0 Å². The molecule has 5 heteroatoms. The number of rotatable bonds is 3. The summed E-state index contributed by atoms with van der Waals surface area (Å²) in [7, 11) is 1.38. The number of amides is 1. The van der Waals surface area contributed by atoms with E-state index >= 15 is 0 Å². The monoisotopic (exact) mass is 283 g/mol. The minimum Gasteiger partial charge on any atom is -0.468 e. The van der Waals surface area contributed by atoms with Crippen molar-refractivity contribution in [1.29, 1.82) is 0 Å². The normalized spacial score (nSPS) is 25.6. The van der Waals surface area contributed by atoms with Crippen LogP contribution in [-0.2, 0) is 14.3 Å². The van der Waals surface area contributed by atoms with E-state index in [0.717, 1.165) is 0 Å². The highest BCUT2D eigenvalue weighted by Gasteiger charge is 2.45. The van der Waals surface area contributed by atoms with E-state index in [1.54, 1.807) is 0 Å². The number of hydrogen-bond acceptors (Lipinski definition) is 4. The third-order valence-corrected chi connectivity index (χ3v) is 3.48. The Morgan fingerprint density at radius 1 is 1.35 bits per heavy atom. The van der Waals surface area contributed by atoms with Crippen LogP contribution in [0.2, 0.25) is 0 Å². The second kappa shape index (κ2) is 5.85. The number of ether oxygens (including phenoxy) is 2. The van der Waals surface area contributed by atoms with Crippen LogP contribution in [0.5, 0.6) is 0 Å². The Labute approximate surface area is 120 Å². The highest BCUT2D eigenvalue weighted by Crippen LogP contribution is 2.40. The fourth-order valence-electron chi connectivity index (χ4n) is 2.35. The van der Waals surface area contributed by atoms with Gasteiger partial charge in [0, 0.05) is 0 Å². The van der Waals surface area contributed by atoms with Crippen LogP contribution < -0.4 is 5.32 Å². The molecule has 1 amide bonds. The molecule has 0 saturated heterocycles. The van der Waals surface area contributed by atoms with Crippen LogP contribution in [0.15, 0.2) is 12.2 Å². The molecule has 1 unspecified atom stereocenters. The molecular formula is C15H25NO4. The average molecular weight is 283 g/mol. The lowest BCUT2D eigenvalue weighted by Crippen LogP contribution is -2.41. The molecule has 0 aromatic rings. The second-order valence-electron chi connectivity index (χ2n) is 6.50. The van der Waals surface area contributed by atoms with Crippen LogP contribution in [0.3, 0.4) is 0 Å². The van der Waals surface area contributed by atoms with E-state index < -0.39 is 17.1 Å². The Hall–Kier alpha value is -1.52. The van der Waals surface area contributed by atoms with Crippen molar-refractivity contribution >= 4 is 12.1 Å². The van der Waals surface area contributed by atoms with E-state index in [-0.39, 0.29) is 17.9 Å². The van der Waals surface area contributed by atoms with Gasteiger partial charge in [-0.2, -0.15) is 0 Å². The summed E-state index contributed by atoms with van der Waals surface area (Å²) in [6.45, 7) is 9.37. The molecule has 114 valence electrons. The molecule has 1 aliphatic carbocycles. The average Bonchev–Trinajstić information content (AvgIpc) is 2.70. The van der Waals surface area contributed by atoms with E-state index in [2.05, 4.69) is 5.32 Å². The first kappa shape index (κ1) is 16.5. The van der Waals surface area contributed by atoms with Crippen LogP contribution in [0, 0.1) is 11.3 Å². The number of hydrogen-bond donors (Lipinski definition) is 1. The lowest BCUT2D eigenvalue weighted by Gasteiger charge is -2.30. The van der Waals surface area contributed by atoms with Gasteiger partial charge < -0.3 is 14.8 Å². The lowest BCUT2D eigenvalue weighted by molar-refractivity contribution is -0.152. The minimum atomic E-state index is -0.672.